The summed E-state index contributed by atoms with van der Waals surface area (Å²) >= 11 is 1.53. The molecule has 1 saturated heterocycles. The average Bonchev–Trinajstić information content (AvgIpc) is 3.08. The summed E-state index contributed by atoms with van der Waals surface area (Å²) in [5.41, 5.74) is 1.61. The molecule has 5 nitrogen and oxygen atoms in total. The number of piperazine rings is 1. The van der Waals surface area contributed by atoms with Gasteiger partial charge in [-0.25, -0.2) is 0 Å². The number of amides is 1. The molecule has 0 radical (unpaired) electrons. The van der Waals surface area contributed by atoms with Crippen LogP contribution in [0.4, 0.5) is 23.9 Å². The molecular weight excluding hydrogens is 449 g/mol. The summed E-state index contributed by atoms with van der Waals surface area (Å²) in [6, 6.07) is 7.66. The van der Waals surface area contributed by atoms with Gasteiger partial charge in [0.05, 0.1) is 17.7 Å². The van der Waals surface area contributed by atoms with Crippen LogP contribution in [0.1, 0.15) is 47.3 Å². The zero-order valence-electron chi connectivity index (χ0n) is 18.4. The molecule has 0 saturated carbocycles. The molecule has 1 aliphatic heterocycles. The number of thiophene rings is 1. The fourth-order valence-corrected chi connectivity index (χ4v) is 5.79. The minimum absolute atomic E-state index is 0.159. The van der Waals surface area contributed by atoms with Gasteiger partial charge in [0.15, 0.2) is 0 Å². The Labute approximate surface area is 195 Å². The molecule has 4 rings (SSSR count). The predicted octanol–water partition coefficient (Wildman–Crippen LogP) is 5.06. The van der Waals surface area contributed by atoms with Gasteiger partial charge in [-0.05, 0) is 49.4 Å². The first-order chi connectivity index (χ1) is 15.8. The molecule has 0 unspecified atom stereocenters. The largest absolute Gasteiger partial charge is 0.416 e. The van der Waals surface area contributed by atoms with Gasteiger partial charge in [0.25, 0.3) is 0 Å². The van der Waals surface area contributed by atoms with Gasteiger partial charge in [-0.1, -0.05) is 18.9 Å². The van der Waals surface area contributed by atoms with Crippen molar-refractivity contribution in [2.45, 2.75) is 44.7 Å². The maximum atomic E-state index is 13.0. The molecule has 0 spiro atoms. The van der Waals surface area contributed by atoms with Crippen molar-refractivity contribution in [1.82, 2.24) is 4.90 Å². The van der Waals surface area contributed by atoms with E-state index in [4.69, 9.17) is 0 Å². The van der Waals surface area contributed by atoms with Gasteiger partial charge < -0.3 is 10.2 Å². The van der Waals surface area contributed by atoms with E-state index in [-0.39, 0.29) is 12.5 Å². The number of hydrogen-bond acceptors (Lipinski definition) is 5. The first kappa shape index (κ1) is 23.6. The minimum atomic E-state index is -4.36. The Morgan fingerprint density at radius 3 is 2.52 bits per heavy atom. The lowest BCUT2D eigenvalue weighted by atomic mass is 9.97. The monoisotopic (exact) mass is 476 g/mol. The summed E-state index contributed by atoms with van der Waals surface area (Å²) < 4.78 is 39.0. The van der Waals surface area contributed by atoms with Crippen molar-refractivity contribution < 1.29 is 18.0 Å². The highest BCUT2D eigenvalue weighted by Gasteiger charge is 2.31. The van der Waals surface area contributed by atoms with Gasteiger partial charge in [0.2, 0.25) is 5.91 Å². The fourth-order valence-electron chi connectivity index (χ4n) is 4.54. The average molecular weight is 477 g/mol. The van der Waals surface area contributed by atoms with Crippen molar-refractivity contribution in [1.29, 1.82) is 5.26 Å². The second kappa shape index (κ2) is 10.1. The highest BCUT2D eigenvalue weighted by molar-refractivity contribution is 7.16. The van der Waals surface area contributed by atoms with Crippen molar-refractivity contribution >= 4 is 27.9 Å². The smallest absolute Gasteiger partial charge is 0.369 e. The summed E-state index contributed by atoms with van der Waals surface area (Å²) in [5, 5.41) is 13.3. The first-order valence-corrected chi connectivity index (χ1v) is 12.2. The Kier molecular flexibility index (Phi) is 7.25. The number of nitrogens with one attached hydrogen (secondary N) is 1. The maximum absolute atomic E-state index is 13.0. The van der Waals surface area contributed by atoms with Crippen LogP contribution in [-0.2, 0) is 23.8 Å². The Balaban J connectivity index is 1.34. The number of aryl methyl sites for hydroxylation is 1. The molecule has 2 aromatic rings. The van der Waals surface area contributed by atoms with Crippen LogP contribution in [0, 0.1) is 11.3 Å². The van der Waals surface area contributed by atoms with E-state index in [9.17, 15) is 23.2 Å². The van der Waals surface area contributed by atoms with E-state index in [0.29, 0.717) is 42.4 Å². The highest BCUT2D eigenvalue weighted by atomic mass is 32.1. The molecule has 9 heteroatoms. The number of carbonyl (C=O) groups excluding carboxylic acids is 1. The molecular formula is C24H27F3N4OS. The molecule has 1 aromatic carbocycles. The predicted molar refractivity (Wildman–Crippen MR) is 124 cm³/mol. The van der Waals surface area contributed by atoms with Crippen LogP contribution in [0.15, 0.2) is 24.3 Å². The van der Waals surface area contributed by atoms with E-state index < -0.39 is 11.7 Å². The van der Waals surface area contributed by atoms with Gasteiger partial charge in [0.1, 0.15) is 11.1 Å². The summed E-state index contributed by atoms with van der Waals surface area (Å²) in [7, 11) is 0. The van der Waals surface area contributed by atoms with Gasteiger partial charge in [-0.2, -0.15) is 18.4 Å². The molecule has 2 heterocycles. The van der Waals surface area contributed by atoms with Gasteiger partial charge in [-0.15, -0.1) is 11.3 Å². The summed E-state index contributed by atoms with van der Waals surface area (Å²) in [4.78, 5) is 17.8. The number of nitriles is 1. The van der Waals surface area contributed by atoms with Crippen LogP contribution in [0.5, 0.6) is 0 Å². The molecule has 33 heavy (non-hydrogen) atoms. The SMILES string of the molecule is N#Cc1c(NC(=O)CN2CCN(c3cccc(C(F)(F)F)c3)CC2)sc2c1CCCCCC2. The highest BCUT2D eigenvalue weighted by Crippen LogP contribution is 2.36. The second-order valence-electron chi connectivity index (χ2n) is 8.59. The Morgan fingerprint density at radius 2 is 1.82 bits per heavy atom. The fraction of sp³-hybridized carbons (Fsp3) is 0.500. The number of nitrogens with zero attached hydrogens (tertiary/aromatic N) is 3. The molecule has 1 aromatic heterocycles. The molecule has 1 aliphatic carbocycles. The van der Waals surface area contributed by atoms with Crippen molar-refractivity contribution in [3.63, 3.8) is 0 Å². The Morgan fingerprint density at radius 1 is 1.09 bits per heavy atom. The number of benzene rings is 1. The van der Waals surface area contributed by atoms with Crippen LogP contribution >= 0.6 is 11.3 Å². The second-order valence-corrected chi connectivity index (χ2v) is 9.70. The normalized spacial score (nSPS) is 17.6. The molecule has 1 amide bonds. The van der Waals surface area contributed by atoms with E-state index in [1.54, 1.807) is 6.07 Å². The van der Waals surface area contributed by atoms with E-state index in [1.165, 1.54) is 41.2 Å². The third-order valence-electron chi connectivity index (χ3n) is 6.31. The number of alkyl halides is 3. The molecule has 0 atom stereocenters. The van der Waals surface area contributed by atoms with E-state index in [1.807, 2.05) is 9.80 Å². The van der Waals surface area contributed by atoms with Crippen molar-refractivity contribution in [2.24, 2.45) is 0 Å². The zero-order chi connectivity index (χ0) is 23.4. The third kappa shape index (κ3) is 5.68. The molecule has 1 fully saturated rings. The lowest BCUT2D eigenvalue weighted by Crippen LogP contribution is -2.48. The zero-order valence-corrected chi connectivity index (χ0v) is 19.2. The van der Waals surface area contributed by atoms with Crippen LogP contribution < -0.4 is 10.2 Å². The van der Waals surface area contributed by atoms with E-state index in [0.717, 1.165) is 37.3 Å². The first-order valence-electron chi connectivity index (χ1n) is 11.3. The third-order valence-corrected chi connectivity index (χ3v) is 7.52. The molecule has 0 bridgehead atoms. The van der Waals surface area contributed by atoms with Crippen molar-refractivity contribution in [2.75, 3.05) is 42.9 Å². The molecule has 2 aliphatic rings. The Hall–Kier alpha value is -2.57. The quantitative estimate of drug-likeness (QED) is 0.670. The molecule has 1 N–H and O–H groups in total. The van der Waals surface area contributed by atoms with E-state index in [2.05, 4.69) is 11.4 Å². The van der Waals surface area contributed by atoms with Gasteiger partial charge in [-0.3, -0.25) is 9.69 Å². The van der Waals surface area contributed by atoms with Gasteiger partial charge in [0, 0.05) is 36.7 Å². The van der Waals surface area contributed by atoms with Crippen LogP contribution in [0.3, 0.4) is 0 Å². The number of halogens is 3. The minimum Gasteiger partial charge on any atom is -0.369 e. The van der Waals surface area contributed by atoms with E-state index >= 15 is 0 Å². The number of anilines is 2. The lowest BCUT2D eigenvalue weighted by molar-refractivity contribution is -0.137. The number of hydrogen-bond donors (Lipinski definition) is 1. The number of fused-ring (bicyclic) bond motifs is 1. The number of rotatable bonds is 4. The van der Waals surface area contributed by atoms with Crippen LogP contribution in [0.2, 0.25) is 0 Å². The maximum Gasteiger partial charge on any atom is 0.416 e. The van der Waals surface area contributed by atoms with Gasteiger partial charge >= 0.3 is 6.18 Å². The van der Waals surface area contributed by atoms with Crippen LogP contribution in [0.25, 0.3) is 0 Å². The number of carbonyl (C=O) groups is 1. The van der Waals surface area contributed by atoms with Crippen LogP contribution in [-0.4, -0.2) is 43.5 Å². The summed E-state index contributed by atoms with van der Waals surface area (Å²) in [6.45, 7) is 2.45. The standard InChI is InChI=1S/C24H27F3N4OS/c25-24(26,27)17-6-5-7-18(14-17)31-12-10-30(11-13-31)16-22(32)29-23-20(15-28)19-8-3-1-2-4-9-21(19)33-23/h5-7,14H,1-4,8-13,16H2,(H,29,32). The van der Waals surface area contributed by atoms with Crippen molar-refractivity contribution in [3.8, 4) is 6.07 Å². The summed E-state index contributed by atoms with van der Waals surface area (Å²) in [5.74, 6) is -0.159. The Bertz CT molecular complexity index is 1040. The topological polar surface area (TPSA) is 59.4 Å². The lowest BCUT2D eigenvalue weighted by Gasteiger charge is -2.35. The summed E-state index contributed by atoms with van der Waals surface area (Å²) in [6.07, 6.45) is 2.05. The molecule has 176 valence electrons. The van der Waals surface area contributed by atoms with Crippen molar-refractivity contribution in [3.05, 3.63) is 45.8 Å².